The standard InChI is InChI=1S/C13H12Cl2S/c14-8-12(7-10-5-6-16-9-10)11-1-3-13(15)4-2-11/h1-6,9,12H,7-8H2. The monoisotopic (exact) mass is 270 g/mol. The summed E-state index contributed by atoms with van der Waals surface area (Å²) in [5.41, 5.74) is 2.61. The van der Waals surface area contributed by atoms with Gasteiger partial charge in [-0.25, -0.2) is 0 Å². The van der Waals surface area contributed by atoms with Crippen LogP contribution in [0.15, 0.2) is 41.1 Å². The molecule has 0 radical (unpaired) electrons. The van der Waals surface area contributed by atoms with Crippen LogP contribution in [0.25, 0.3) is 0 Å². The lowest BCUT2D eigenvalue weighted by Crippen LogP contribution is -2.03. The number of rotatable bonds is 4. The Bertz CT molecular complexity index is 420. The number of benzene rings is 1. The van der Waals surface area contributed by atoms with Gasteiger partial charge in [0.2, 0.25) is 0 Å². The number of hydrogen-bond acceptors (Lipinski definition) is 1. The molecule has 0 N–H and O–H groups in total. The van der Waals surface area contributed by atoms with Gasteiger partial charge in [-0.1, -0.05) is 23.7 Å². The van der Waals surface area contributed by atoms with Crippen LogP contribution >= 0.6 is 34.5 Å². The van der Waals surface area contributed by atoms with Crippen LogP contribution in [-0.4, -0.2) is 5.88 Å². The summed E-state index contributed by atoms with van der Waals surface area (Å²) in [5, 5.41) is 5.05. The molecule has 2 rings (SSSR count). The Morgan fingerprint density at radius 3 is 2.44 bits per heavy atom. The van der Waals surface area contributed by atoms with Gasteiger partial charge < -0.3 is 0 Å². The zero-order valence-electron chi connectivity index (χ0n) is 8.70. The van der Waals surface area contributed by atoms with E-state index in [0.29, 0.717) is 11.8 Å². The minimum atomic E-state index is 0.369. The molecule has 1 atom stereocenters. The lowest BCUT2D eigenvalue weighted by molar-refractivity contribution is 0.768. The van der Waals surface area contributed by atoms with Gasteiger partial charge in [0.25, 0.3) is 0 Å². The largest absolute Gasteiger partial charge is 0.152 e. The third-order valence-electron chi connectivity index (χ3n) is 2.59. The van der Waals surface area contributed by atoms with Crippen LogP contribution in [0.3, 0.4) is 0 Å². The second-order valence-corrected chi connectivity index (χ2v) is 5.26. The summed E-state index contributed by atoms with van der Waals surface area (Å²) in [6.07, 6.45) is 0.995. The molecule has 0 amide bonds. The number of alkyl halides is 1. The van der Waals surface area contributed by atoms with Crippen molar-refractivity contribution in [2.45, 2.75) is 12.3 Å². The normalized spacial score (nSPS) is 12.6. The summed E-state index contributed by atoms with van der Waals surface area (Å²) < 4.78 is 0. The van der Waals surface area contributed by atoms with Crippen LogP contribution in [0, 0.1) is 0 Å². The Balaban J connectivity index is 2.13. The SMILES string of the molecule is ClCC(Cc1ccsc1)c1ccc(Cl)cc1. The first kappa shape index (κ1) is 12.0. The predicted molar refractivity (Wildman–Crippen MR) is 72.9 cm³/mol. The fourth-order valence-electron chi connectivity index (χ4n) is 1.69. The second kappa shape index (κ2) is 5.72. The first-order chi connectivity index (χ1) is 7.79. The summed E-state index contributed by atoms with van der Waals surface area (Å²) in [4.78, 5) is 0. The van der Waals surface area contributed by atoms with Gasteiger partial charge >= 0.3 is 0 Å². The summed E-state index contributed by atoms with van der Waals surface area (Å²) in [5.74, 6) is 1.01. The van der Waals surface area contributed by atoms with Gasteiger partial charge in [-0.2, -0.15) is 11.3 Å². The van der Waals surface area contributed by atoms with E-state index in [1.54, 1.807) is 11.3 Å². The average Bonchev–Trinajstić information content (AvgIpc) is 2.80. The Kier molecular flexibility index (Phi) is 4.28. The van der Waals surface area contributed by atoms with Crippen molar-refractivity contribution in [2.75, 3.05) is 5.88 Å². The highest BCUT2D eigenvalue weighted by atomic mass is 35.5. The molecule has 0 nitrogen and oxygen atoms in total. The van der Waals surface area contributed by atoms with E-state index in [0.717, 1.165) is 11.4 Å². The summed E-state index contributed by atoms with van der Waals surface area (Å²) >= 11 is 13.6. The highest BCUT2D eigenvalue weighted by Crippen LogP contribution is 2.24. The van der Waals surface area contributed by atoms with Gasteiger partial charge in [0, 0.05) is 16.8 Å². The maximum atomic E-state index is 6.03. The molecule has 1 heterocycles. The molecule has 1 unspecified atom stereocenters. The van der Waals surface area contributed by atoms with E-state index in [4.69, 9.17) is 23.2 Å². The van der Waals surface area contributed by atoms with Crippen molar-refractivity contribution >= 4 is 34.5 Å². The van der Waals surface area contributed by atoms with Gasteiger partial charge in [0.1, 0.15) is 0 Å². The molecule has 3 heteroatoms. The molecule has 0 bridgehead atoms. The minimum Gasteiger partial charge on any atom is -0.152 e. The van der Waals surface area contributed by atoms with Crippen molar-refractivity contribution < 1.29 is 0 Å². The Morgan fingerprint density at radius 1 is 1.12 bits per heavy atom. The molecular weight excluding hydrogens is 259 g/mol. The van der Waals surface area contributed by atoms with Crippen LogP contribution in [0.5, 0.6) is 0 Å². The molecule has 0 aliphatic rings. The van der Waals surface area contributed by atoms with E-state index < -0.39 is 0 Å². The lowest BCUT2D eigenvalue weighted by Gasteiger charge is -2.13. The fourth-order valence-corrected chi connectivity index (χ4v) is 2.78. The first-order valence-electron chi connectivity index (χ1n) is 5.12. The van der Waals surface area contributed by atoms with Crippen molar-refractivity contribution in [1.29, 1.82) is 0 Å². The Labute approximate surface area is 110 Å². The van der Waals surface area contributed by atoms with E-state index in [1.165, 1.54) is 11.1 Å². The molecule has 0 saturated carbocycles. The van der Waals surface area contributed by atoms with Gasteiger partial charge in [-0.3, -0.25) is 0 Å². The molecule has 0 spiro atoms. The van der Waals surface area contributed by atoms with E-state index in [9.17, 15) is 0 Å². The summed E-state index contributed by atoms with van der Waals surface area (Å²) in [6.45, 7) is 0. The average molecular weight is 271 g/mol. The topological polar surface area (TPSA) is 0 Å². The first-order valence-corrected chi connectivity index (χ1v) is 6.97. The summed E-state index contributed by atoms with van der Waals surface area (Å²) in [7, 11) is 0. The van der Waals surface area contributed by atoms with Crippen molar-refractivity contribution in [1.82, 2.24) is 0 Å². The number of thiophene rings is 1. The van der Waals surface area contributed by atoms with Crippen molar-refractivity contribution in [3.8, 4) is 0 Å². The molecule has 0 aliphatic carbocycles. The third-order valence-corrected chi connectivity index (χ3v) is 3.95. The third kappa shape index (κ3) is 3.00. The van der Waals surface area contributed by atoms with E-state index >= 15 is 0 Å². The maximum Gasteiger partial charge on any atom is 0.0406 e. The van der Waals surface area contributed by atoms with Crippen molar-refractivity contribution in [3.05, 3.63) is 57.2 Å². The molecular formula is C13H12Cl2S. The van der Waals surface area contributed by atoms with Gasteiger partial charge in [0.05, 0.1) is 0 Å². The van der Waals surface area contributed by atoms with Gasteiger partial charge in [-0.05, 0) is 46.5 Å². The van der Waals surface area contributed by atoms with Crippen LogP contribution in [0.4, 0.5) is 0 Å². The quantitative estimate of drug-likeness (QED) is 0.689. The van der Waals surface area contributed by atoms with E-state index in [-0.39, 0.29) is 0 Å². The van der Waals surface area contributed by atoms with Gasteiger partial charge in [-0.15, -0.1) is 11.6 Å². The van der Waals surface area contributed by atoms with Gasteiger partial charge in [0.15, 0.2) is 0 Å². The molecule has 16 heavy (non-hydrogen) atoms. The van der Waals surface area contributed by atoms with E-state index in [2.05, 4.69) is 29.0 Å². The van der Waals surface area contributed by atoms with Crippen LogP contribution in [0.2, 0.25) is 5.02 Å². The molecule has 0 saturated heterocycles. The smallest absolute Gasteiger partial charge is 0.0406 e. The predicted octanol–water partition coefficient (Wildman–Crippen LogP) is 4.97. The van der Waals surface area contributed by atoms with Crippen LogP contribution in [0.1, 0.15) is 17.0 Å². The number of hydrogen-bond donors (Lipinski definition) is 0. The molecule has 0 fully saturated rings. The lowest BCUT2D eigenvalue weighted by atomic mass is 9.95. The molecule has 84 valence electrons. The molecule has 1 aromatic heterocycles. The fraction of sp³-hybridized carbons (Fsp3) is 0.231. The summed E-state index contributed by atoms with van der Waals surface area (Å²) in [6, 6.07) is 10.1. The van der Waals surface area contributed by atoms with Crippen LogP contribution in [-0.2, 0) is 6.42 Å². The second-order valence-electron chi connectivity index (χ2n) is 3.74. The highest BCUT2D eigenvalue weighted by molar-refractivity contribution is 7.07. The number of halogens is 2. The Morgan fingerprint density at radius 2 is 1.88 bits per heavy atom. The zero-order chi connectivity index (χ0) is 11.4. The van der Waals surface area contributed by atoms with Crippen molar-refractivity contribution in [2.24, 2.45) is 0 Å². The van der Waals surface area contributed by atoms with Crippen LogP contribution < -0.4 is 0 Å². The minimum absolute atomic E-state index is 0.369. The van der Waals surface area contributed by atoms with E-state index in [1.807, 2.05) is 12.1 Å². The molecule has 0 aliphatic heterocycles. The molecule has 2 aromatic rings. The molecule has 1 aromatic carbocycles. The maximum absolute atomic E-state index is 6.03. The van der Waals surface area contributed by atoms with Crippen molar-refractivity contribution in [3.63, 3.8) is 0 Å². The highest BCUT2D eigenvalue weighted by Gasteiger charge is 2.11. The Hall–Kier alpha value is -0.500. The zero-order valence-corrected chi connectivity index (χ0v) is 11.0.